The zero-order valence-electron chi connectivity index (χ0n) is 12.2. The van der Waals surface area contributed by atoms with E-state index in [0.29, 0.717) is 18.9 Å². The first-order chi connectivity index (χ1) is 8.97. The fraction of sp³-hybridized carbons (Fsp3) is 0.857. The lowest BCUT2D eigenvalue weighted by molar-refractivity contribution is -0.132. The van der Waals surface area contributed by atoms with Gasteiger partial charge in [0.1, 0.15) is 0 Å². The summed E-state index contributed by atoms with van der Waals surface area (Å²) < 4.78 is 0. The summed E-state index contributed by atoms with van der Waals surface area (Å²) >= 11 is 0. The van der Waals surface area contributed by atoms with Gasteiger partial charge in [-0.2, -0.15) is 0 Å². The highest BCUT2D eigenvalue weighted by Crippen LogP contribution is 2.39. The highest BCUT2D eigenvalue weighted by molar-refractivity contribution is 5.78. The van der Waals surface area contributed by atoms with Crippen LogP contribution >= 0.6 is 0 Å². The third kappa shape index (κ3) is 2.91. The van der Waals surface area contributed by atoms with E-state index in [1.165, 1.54) is 0 Å². The lowest BCUT2D eigenvalue weighted by Gasteiger charge is -2.50. The molecule has 0 aromatic heterocycles. The Kier molecular flexibility index (Phi) is 4.13. The largest absolute Gasteiger partial charge is 0.358 e. The molecule has 0 bridgehead atoms. The van der Waals surface area contributed by atoms with Crippen molar-refractivity contribution in [2.24, 2.45) is 5.92 Å². The predicted octanol–water partition coefficient (Wildman–Crippen LogP) is 0.455. The van der Waals surface area contributed by atoms with E-state index in [1.807, 2.05) is 4.90 Å². The van der Waals surface area contributed by atoms with E-state index < -0.39 is 0 Å². The van der Waals surface area contributed by atoms with Crippen molar-refractivity contribution >= 4 is 11.8 Å². The molecule has 2 amide bonds. The van der Waals surface area contributed by atoms with Crippen molar-refractivity contribution in [1.82, 2.24) is 15.1 Å². The average molecular weight is 267 g/mol. The molecule has 0 saturated carbocycles. The molecule has 0 aliphatic carbocycles. The van der Waals surface area contributed by atoms with E-state index in [2.05, 4.69) is 24.1 Å². The minimum Gasteiger partial charge on any atom is -0.358 e. The summed E-state index contributed by atoms with van der Waals surface area (Å²) in [5.41, 5.74) is 0.0825. The second-order valence-corrected chi connectivity index (χ2v) is 6.23. The molecule has 2 aliphatic rings. The maximum absolute atomic E-state index is 12.1. The Balaban J connectivity index is 1.90. The molecular formula is C14H25N3O2. The van der Waals surface area contributed by atoms with Crippen molar-refractivity contribution in [1.29, 1.82) is 0 Å². The van der Waals surface area contributed by atoms with Crippen LogP contribution in [0.1, 0.15) is 33.1 Å². The quantitative estimate of drug-likeness (QED) is 0.805. The molecule has 0 radical (unpaired) electrons. The number of carbonyl (C=O) groups excluding carboxylic acids is 2. The van der Waals surface area contributed by atoms with Crippen molar-refractivity contribution in [2.75, 3.05) is 33.2 Å². The van der Waals surface area contributed by atoms with Crippen molar-refractivity contribution in [3.05, 3.63) is 0 Å². The Bertz CT molecular complexity index is 370. The Hall–Kier alpha value is -1.10. The molecule has 2 fully saturated rings. The first kappa shape index (κ1) is 14.3. The number of likely N-dealkylation sites (tertiary alicyclic amines) is 2. The van der Waals surface area contributed by atoms with Gasteiger partial charge < -0.3 is 10.2 Å². The van der Waals surface area contributed by atoms with Gasteiger partial charge >= 0.3 is 0 Å². The Labute approximate surface area is 115 Å². The molecule has 19 heavy (non-hydrogen) atoms. The van der Waals surface area contributed by atoms with Crippen LogP contribution < -0.4 is 5.32 Å². The normalized spacial score (nSPS) is 26.8. The zero-order chi connectivity index (χ0) is 14.0. The topological polar surface area (TPSA) is 52.7 Å². The zero-order valence-corrected chi connectivity index (χ0v) is 12.2. The van der Waals surface area contributed by atoms with Crippen LogP contribution in [0.15, 0.2) is 0 Å². The van der Waals surface area contributed by atoms with Gasteiger partial charge in [-0.1, -0.05) is 13.8 Å². The van der Waals surface area contributed by atoms with Crippen LogP contribution in [0.25, 0.3) is 0 Å². The van der Waals surface area contributed by atoms with Crippen LogP contribution in [-0.4, -0.2) is 60.4 Å². The number of hydrogen-bond donors (Lipinski definition) is 1. The Morgan fingerprint density at radius 2 is 1.95 bits per heavy atom. The van der Waals surface area contributed by atoms with Gasteiger partial charge in [0.2, 0.25) is 11.8 Å². The first-order valence-electron chi connectivity index (χ1n) is 7.20. The minimum atomic E-state index is 0.0611. The number of nitrogens with one attached hydrogen (secondary N) is 1. The van der Waals surface area contributed by atoms with Gasteiger partial charge in [-0.15, -0.1) is 0 Å². The Morgan fingerprint density at radius 1 is 1.26 bits per heavy atom. The lowest BCUT2D eigenvalue weighted by Crippen LogP contribution is -2.63. The second-order valence-electron chi connectivity index (χ2n) is 6.23. The van der Waals surface area contributed by atoms with Crippen LogP contribution in [0.2, 0.25) is 0 Å². The summed E-state index contributed by atoms with van der Waals surface area (Å²) in [5.74, 6) is 0.733. The van der Waals surface area contributed by atoms with E-state index in [4.69, 9.17) is 0 Å². The predicted molar refractivity (Wildman–Crippen MR) is 73.6 cm³/mol. The number of amides is 2. The lowest BCUT2D eigenvalue weighted by atomic mass is 9.83. The van der Waals surface area contributed by atoms with Crippen LogP contribution in [0.4, 0.5) is 0 Å². The number of carbonyl (C=O) groups is 2. The van der Waals surface area contributed by atoms with Crippen LogP contribution in [0.5, 0.6) is 0 Å². The van der Waals surface area contributed by atoms with Crippen molar-refractivity contribution in [2.45, 2.75) is 38.6 Å². The van der Waals surface area contributed by atoms with Crippen molar-refractivity contribution in [3.8, 4) is 0 Å². The molecule has 5 nitrogen and oxygen atoms in total. The average Bonchev–Trinajstić information content (AvgIpc) is 2.81. The third-order valence-corrected chi connectivity index (χ3v) is 4.40. The molecule has 1 spiro atoms. The smallest absolute Gasteiger partial charge is 0.233 e. The van der Waals surface area contributed by atoms with Gasteiger partial charge in [0.25, 0.3) is 0 Å². The van der Waals surface area contributed by atoms with Crippen LogP contribution in [-0.2, 0) is 9.59 Å². The number of nitrogens with zero attached hydrogens (tertiary/aromatic N) is 2. The molecule has 5 heteroatoms. The molecule has 1 atom stereocenters. The number of likely N-dealkylation sites (N-methyl/N-ethyl adjacent to an activating group) is 1. The van der Waals surface area contributed by atoms with Gasteiger partial charge in [-0.05, 0) is 18.8 Å². The van der Waals surface area contributed by atoms with Gasteiger partial charge in [-0.25, -0.2) is 0 Å². The fourth-order valence-corrected chi connectivity index (χ4v) is 3.10. The number of rotatable bonds is 4. The maximum Gasteiger partial charge on any atom is 0.233 e. The molecule has 0 aromatic rings. The third-order valence-electron chi connectivity index (χ3n) is 4.40. The van der Waals surface area contributed by atoms with E-state index in [1.54, 1.807) is 7.05 Å². The molecular weight excluding hydrogens is 242 g/mol. The summed E-state index contributed by atoms with van der Waals surface area (Å²) in [6, 6.07) is 0. The molecule has 2 saturated heterocycles. The highest BCUT2D eigenvalue weighted by atomic mass is 16.2. The molecule has 2 aliphatic heterocycles. The molecule has 2 heterocycles. The maximum atomic E-state index is 12.1. The summed E-state index contributed by atoms with van der Waals surface area (Å²) in [6.45, 7) is 7.23. The van der Waals surface area contributed by atoms with Gasteiger partial charge in [0.15, 0.2) is 0 Å². The van der Waals surface area contributed by atoms with Crippen molar-refractivity contribution < 1.29 is 9.59 Å². The molecule has 2 rings (SSSR count). The van der Waals surface area contributed by atoms with E-state index in [9.17, 15) is 9.59 Å². The highest BCUT2D eigenvalue weighted by Gasteiger charge is 2.50. The molecule has 1 unspecified atom stereocenters. The van der Waals surface area contributed by atoms with E-state index in [0.717, 1.165) is 32.5 Å². The monoisotopic (exact) mass is 267 g/mol. The standard InChI is InChI=1S/C14H25N3O2/c1-11(2)8-13(19)16-6-4-14(10-16)5-7-17(14)9-12(18)15-3/h11H,4-10H2,1-3H3,(H,15,18). The van der Waals surface area contributed by atoms with Gasteiger partial charge in [0.05, 0.1) is 6.54 Å². The van der Waals surface area contributed by atoms with Crippen LogP contribution in [0, 0.1) is 5.92 Å². The van der Waals surface area contributed by atoms with E-state index in [-0.39, 0.29) is 17.4 Å². The van der Waals surface area contributed by atoms with Gasteiger partial charge in [0, 0.05) is 38.6 Å². The van der Waals surface area contributed by atoms with Crippen LogP contribution in [0.3, 0.4) is 0 Å². The summed E-state index contributed by atoms with van der Waals surface area (Å²) in [4.78, 5) is 27.8. The second kappa shape index (κ2) is 5.49. The SMILES string of the molecule is CNC(=O)CN1CCC12CCN(C(=O)CC(C)C)C2. The minimum absolute atomic E-state index is 0.0611. The molecule has 108 valence electrons. The Morgan fingerprint density at radius 3 is 2.47 bits per heavy atom. The van der Waals surface area contributed by atoms with E-state index >= 15 is 0 Å². The summed E-state index contributed by atoms with van der Waals surface area (Å²) in [5, 5.41) is 2.67. The summed E-state index contributed by atoms with van der Waals surface area (Å²) in [6.07, 6.45) is 2.74. The van der Waals surface area contributed by atoms with Gasteiger partial charge in [-0.3, -0.25) is 14.5 Å². The summed E-state index contributed by atoms with van der Waals surface area (Å²) in [7, 11) is 1.67. The first-order valence-corrected chi connectivity index (χ1v) is 7.20. The van der Waals surface area contributed by atoms with Crippen molar-refractivity contribution in [3.63, 3.8) is 0 Å². The fourth-order valence-electron chi connectivity index (χ4n) is 3.10. The number of hydrogen-bond acceptors (Lipinski definition) is 3. The molecule has 1 N–H and O–H groups in total. The molecule has 0 aromatic carbocycles.